The van der Waals surface area contributed by atoms with Crippen molar-refractivity contribution >= 4 is 28.6 Å². The number of hydrogen-bond acceptors (Lipinski definition) is 3. The van der Waals surface area contributed by atoms with Crippen LogP contribution in [0, 0.1) is 0 Å². The summed E-state index contributed by atoms with van der Waals surface area (Å²) in [6.07, 6.45) is 6.63. The van der Waals surface area contributed by atoms with E-state index in [1.165, 1.54) is 6.08 Å². The Bertz CT molecular complexity index is 260. The number of carbonyl (C=O) groups excluding carboxylic acids is 1. The van der Waals surface area contributed by atoms with E-state index in [9.17, 15) is 4.79 Å². The number of carbonyl (C=O) groups is 1. The Hall–Kier alpha value is -0.360. The number of rotatable bonds is 5. The molecule has 0 unspecified atom stereocenters. The zero-order chi connectivity index (χ0) is 10.4. The summed E-state index contributed by atoms with van der Waals surface area (Å²) < 4.78 is 12.5. The first-order chi connectivity index (χ1) is 6.72. The van der Waals surface area contributed by atoms with Crippen LogP contribution in [0.3, 0.4) is 0 Å². The Morgan fingerprint density at radius 1 is 1.71 bits per heavy atom. The minimum absolute atomic E-state index is 0.322. The molecular formula is C10H13IO3. The van der Waals surface area contributed by atoms with Crippen molar-refractivity contribution in [3.8, 4) is 0 Å². The van der Waals surface area contributed by atoms with Gasteiger partial charge in [0.05, 0.1) is 0 Å². The Morgan fingerprint density at radius 3 is 3.00 bits per heavy atom. The molecule has 3 nitrogen and oxygen atoms in total. The molecule has 1 rings (SSSR count). The molecule has 4 heteroatoms. The summed E-state index contributed by atoms with van der Waals surface area (Å²) in [5.74, 6) is -1.14. The lowest BCUT2D eigenvalue weighted by molar-refractivity contribution is -0.198. The number of cyclic esters (lactones) is 1. The molecule has 0 aliphatic carbocycles. The van der Waals surface area contributed by atoms with Crippen LogP contribution in [0.15, 0.2) is 22.3 Å². The predicted octanol–water partition coefficient (Wildman–Crippen LogP) is 2.56. The molecule has 1 aliphatic heterocycles. The van der Waals surface area contributed by atoms with Crippen molar-refractivity contribution in [1.82, 2.24) is 0 Å². The number of hydrogen-bond donors (Lipinski definition) is 0. The zero-order valence-electron chi connectivity index (χ0n) is 8.03. The number of esters is 1. The minimum Gasteiger partial charge on any atom is -0.426 e. The Balaban J connectivity index is 2.55. The van der Waals surface area contributed by atoms with Crippen LogP contribution >= 0.6 is 22.6 Å². The summed E-state index contributed by atoms with van der Waals surface area (Å²) >= 11 is 2.16. The predicted molar refractivity (Wildman–Crippen MR) is 62.0 cm³/mol. The van der Waals surface area contributed by atoms with Crippen molar-refractivity contribution in [1.29, 1.82) is 0 Å². The van der Waals surface area contributed by atoms with E-state index in [0.29, 0.717) is 13.0 Å². The van der Waals surface area contributed by atoms with E-state index < -0.39 is 5.79 Å². The third-order valence-electron chi connectivity index (χ3n) is 1.88. The van der Waals surface area contributed by atoms with Crippen LogP contribution in [0.25, 0.3) is 0 Å². The number of halogens is 1. The van der Waals surface area contributed by atoms with Crippen LogP contribution < -0.4 is 0 Å². The highest BCUT2D eigenvalue weighted by atomic mass is 127. The van der Waals surface area contributed by atoms with E-state index in [1.54, 1.807) is 6.08 Å². The van der Waals surface area contributed by atoms with Gasteiger partial charge in [-0.2, -0.15) is 0 Å². The third kappa shape index (κ3) is 3.09. The van der Waals surface area contributed by atoms with Crippen LogP contribution in [-0.2, 0) is 14.3 Å². The molecule has 1 heterocycles. The summed E-state index contributed by atoms with van der Waals surface area (Å²) in [5.41, 5.74) is 0. The van der Waals surface area contributed by atoms with Crippen LogP contribution in [0.2, 0.25) is 0 Å². The molecule has 0 spiro atoms. The maximum atomic E-state index is 11.0. The molecule has 0 N–H and O–H groups in total. The van der Waals surface area contributed by atoms with Gasteiger partial charge < -0.3 is 9.47 Å². The molecule has 0 saturated carbocycles. The van der Waals surface area contributed by atoms with Crippen molar-refractivity contribution in [3.05, 3.63) is 22.3 Å². The highest BCUT2D eigenvalue weighted by Gasteiger charge is 2.35. The summed E-state index contributed by atoms with van der Waals surface area (Å²) in [4.78, 5) is 11.0. The van der Waals surface area contributed by atoms with Gasteiger partial charge in [-0.1, -0.05) is 28.7 Å². The SMILES string of the molecule is CCO[C@]1(CC/C=C/I)C=CC(=O)O1. The zero-order valence-corrected chi connectivity index (χ0v) is 10.2. The van der Waals surface area contributed by atoms with Gasteiger partial charge in [-0.15, -0.1) is 0 Å². The molecule has 0 amide bonds. The molecule has 0 aromatic heterocycles. The van der Waals surface area contributed by atoms with Gasteiger partial charge in [0.1, 0.15) is 0 Å². The first-order valence-corrected chi connectivity index (χ1v) is 5.78. The highest BCUT2D eigenvalue weighted by Crippen LogP contribution is 2.27. The van der Waals surface area contributed by atoms with Crippen molar-refractivity contribution in [2.24, 2.45) is 0 Å². The van der Waals surface area contributed by atoms with Crippen molar-refractivity contribution < 1.29 is 14.3 Å². The lowest BCUT2D eigenvalue weighted by Crippen LogP contribution is -2.31. The van der Waals surface area contributed by atoms with Gasteiger partial charge in [-0.25, -0.2) is 4.79 Å². The monoisotopic (exact) mass is 308 g/mol. The second-order valence-corrected chi connectivity index (χ2v) is 3.62. The van der Waals surface area contributed by atoms with Gasteiger partial charge in [-0.3, -0.25) is 0 Å². The van der Waals surface area contributed by atoms with Crippen LogP contribution in [0.1, 0.15) is 19.8 Å². The molecule has 0 bridgehead atoms. The molecule has 0 fully saturated rings. The molecule has 78 valence electrons. The minimum atomic E-state index is -0.817. The Labute approximate surface area is 97.3 Å². The van der Waals surface area contributed by atoms with Crippen molar-refractivity contribution in [2.45, 2.75) is 25.6 Å². The van der Waals surface area contributed by atoms with E-state index in [4.69, 9.17) is 9.47 Å². The summed E-state index contributed by atoms with van der Waals surface area (Å²) in [5, 5.41) is 0. The molecule has 14 heavy (non-hydrogen) atoms. The summed E-state index contributed by atoms with van der Waals surface area (Å²) in [6, 6.07) is 0. The second-order valence-electron chi connectivity index (χ2n) is 2.90. The largest absolute Gasteiger partial charge is 0.426 e. The van der Waals surface area contributed by atoms with Crippen LogP contribution in [-0.4, -0.2) is 18.4 Å². The number of allylic oxidation sites excluding steroid dienone is 1. The van der Waals surface area contributed by atoms with Crippen LogP contribution in [0.4, 0.5) is 0 Å². The quantitative estimate of drug-likeness (QED) is 0.578. The molecule has 0 radical (unpaired) electrons. The van der Waals surface area contributed by atoms with Crippen molar-refractivity contribution in [2.75, 3.05) is 6.61 Å². The average molecular weight is 308 g/mol. The topological polar surface area (TPSA) is 35.5 Å². The van der Waals surface area contributed by atoms with Gasteiger partial charge in [0.25, 0.3) is 0 Å². The third-order valence-corrected chi connectivity index (χ3v) is 2.39. The molecule has 1 atom stereocenters. The maximum Gasteiger partial charge on any atom is 0.333 e. The molecular weight excluding hydrogens is 295 g/mol. The second kappa shape index (κ2) is 5.50. The van der Waals surface area contributed by atoms with Crippen LogP contribution in [0.5, 0.6) is 0 Å². The molecule has 0 aromatic rings. The van der Waals surface area contributed by atoms with E-state index in [0.717, 1.165) is 6.42 Å². The van der Waals surface area contributed by atoms with E-state index in [-0.39, 0.29) is 5.97 Å². The highest BCUT2D eigenvalue weighted by molar-refractivity contribution is 14.1. The molecule has 0 aromatic carbocycles. The van der Waals surface area contributed by atoms with Gasteiger partial charge in [0, 0.05) is 19.1 Å². The maximum absolute atomic E-state index is 11.0. The first kappa shape index (κ1) is 11.7. The Kier molecular flexibility index (Phi) is 4.60. The molecule has 0 saturated heterocycles. The first-order valence-electron chi connectivity index (χ1n) is 4.54. The standard InChI is InChI=1S/C10H13IO3/c1-2-13-10(6-3-4-8-11)7-5-9(12)14-10/h4-5,7-8H,2-3,6H2,1H3/b8-4+/t10-/m0/s1. The van der Waals surface area contributed by atoms with E-state index in [1.807, 2.05) is 17.1 Å². The summed E-state index contributed by atoms with van der Waals surface area (Å²) in [7, 11) is 0. The summed E-state index contributed by atoms with van der Waals surface area (Å²) in [6.45, 7) is 2.42. The molecule has 1 aliphatic rings. The fourth-order valence-electron chi connectivity index (χ4n) is 1.31. The fourth-order valence-corrected chi connectivity index (χ4v) is 1.67. The fraction of sp³-hybridized carbons (Fsp3) is 0.500. The van der Waals surface area contributed by atoms with Gasteiger partial charge in [0.2, 0.25) is 5.79 Å². The van der Waals surface area contributed by atoms with E-state index >= 15 is 0 Å². The van der Waals surface area contributed by atoms with Gasteiger partial charge >= 0.3 is 5.97 Å². The lowest BCUT2D eigenvalue weighted by Gasteiger charge is -2.25. The number of ether oxygens (including phenoxy) is 2. The van der Waals surface area contributed by atoms with Gasteiger partial charge in [0.15, 0.2) is 0 Å². The normalized spacial score (nSPS) is 26.0. The smallest absolute Gasteiger partial charge is 0.333 e. The van der Waals surface area contributed by atoms with Crippen molar-refractivity contribution in [3.63, 3.8) is 0 Å². The Morgan fingerprint density at radius 2 is 2.50 bits per heavy atom. The van der Waals surface area contributed by atoms with E-state index in [2.05, 4.69) is 22.6 Å². The average Bonchev–Trinajstić information content (AvgIpc) is 2.49. The lowest BCUT2D eigenvalue weighted by atomic mass is 10.1. The van der Waals surface area contributed by atoms with Gasteiger partial charge in [-0.05, 0) is 23.5 Å².